The van der Waals surface area contributed by atoms with Crippen LogP contribution in [-0.2, 0) is 10.0 Å². The van der Waals surface area contributed by atoms with Gasteiger partial charge in [-0.3, -0.25) is 0 Å². The van der Waals surface area contributed by atoms with Gasteiger partial charge >= 0.3 is 0 Å². The first-order chi connectivity index (χ1) is 7.85. The Labute approximate surface area is 106 Å². The highest BCUT2D eigenvalue weighted by atomic mass is 32.2. The zero-order valence-corrected chi connectivity index (χ0v) is 12.3. The van der Waals surface area contributed by atoms with Crippen LogP contribution in [0.15, 0.2) is 0 Å². The van der Waals surface area contributed by atoms with Crippen LogP contribution in [0.25, 0.3) is 0 Å². The van der Waals surface area contributed by atoms with Gasteiger partial charge in [0.1, 0.15) is 0 Å². The molecule has 0 aromatic carbocycles. The second-order valence-electron chi connectivity index (χ2n) is 5.42. The largest absolute Gasteiger partial charge is 0.301 e. The summed E-state index contributed by atoms with van der Waals surface area (Å²) in [5, 5.41) is 0. The first-order valence-electron chi connectivity index (χ1n) is 6.49. The molecular weight excluding hydrogens is 236 g/mol. The molecule has 0 radical (unpaired) electrons. The summed E-state index contributed by atoms with van der Waals surface area (Å²) in [6, 6.07) is 1.20. The highest BCUT2D eigenvalue weighted by molar-refractivity contribution is 7.89. The van der Waals surface area contributed by atoms with E-state index in [4.69, 9.17) is 0 Å². The Morgan fingerprint density at radius 1 is 1.24 bits per heavy atom. The number of sulfonamides is 1. The molecule has 0 aromatic heterocycles. The zero-order valence-electron chi connectivity index (χ0n) is 11.4. The standard InChI is InChI=1S/C12H26N2O2S/c1-10(2)14(4)12-7-5-11(6-8-12)9-17(15,16)13-3/h10-13H,5-9H2,1-4H3. The van der Waals surface area contributed by atoms with Gasteiger partial charge < -0.3 is 4.90 Å². The predicted octanol–water partition coefficient (Wildman–Crippen LogP) is 1.43. The Balaban J connectivity index is 2.41. The third-order valence-corrected chi connectivity index (χ3v) is 5.51. The second-order valence-corrected chi connectivity index (χ2v) is 7.39. The van der Waals surface area contributed by atoms with E-state index in [0.717, 1.165) is 25.7 Å². The van der Waals surface area contributed by atoms with Crippen molar-refractivity contribution in [3.8, 4) is 0 Å². The lowest BCUT2D eigenvalue weighted by Crippen LogP contribution is -2.40. The summed E-state index contributed by atoms with van der Waals surface area (Å²) in [6.45, 7) is 4.41. The van der Waals surface area contributed by atoms with E-state index < -0.39 is 10.0 Å². The van der Waals surface area contributed by atoms with Gasteiger partial charge in [-0.05, 0) is 59.5 Å². The molecule has 0 unspecified atom stereocenters. The average Bonchev–Trinajstić information content (AvgIpc) is 2.28. The molecular formula is C12H26N2O2S. The van der Waals surface area contributed by atoms with Gasteiger partial charge in [0.05, 0.1) is 5.75 Å². The molecule has 5 heteroatoms. The molecule has 0 aliphatic heterocycles. The van der Waals surface area contributed by atoms with E-state index in [1.54, 1.807) is 0 Å². The van der Waals surface area contributed by atoms with Crippen LogP contribution in [-0.4, -0.2) is 45.2 Å². The van der Waals surface area contributed by atoms with Crippen LogP contribution >= 0.6 is 0 Å². The first kappa shape index (κ1) is 14.9. The van der Waals surface area contributed by atoms with Gasteiger partial charge in [0.2, 0.25) is 10.0 Å². The maximum absolute atomic E-state index is 11.5. The van der Waals surface area contributed by atoms with E-state index in [9.17, 15) is 8.42 Å². The lowest BCUT2D eigenvalue weighted by Gasteiger charge is -2.36. The van der Waals surface area contributed by atoms with E-state index >= 15 is 0 Å². The maximum atomic E-state index is 11.5. The summed E-state index contributed by atoms with van der Waals surface area (Å²) < 4.78 is 25.3. The Kier molecular flexibility index (Phi) is 5.41. The van der Waals surface area contributed by atoms with Crippen LogP contribution in [0.1, 0.15) is 39.5 Å². The monoisotopic (exact) mass is 262 g/mol. The molecule has 1 saturated carbocycles. The fourth-order valence-electron chi connectivity index (χ4n) is 2.53. The molecule has 0 bridgehead atoms. The van der Waals surface area contributed by atoms with Gasteiger partial charge in [-0.25, -0.2) is 13.1 Å². The fourth-order valence-corrected chi connectivity index (χ4v) is 3.65. The van der Waals surface area contributed by atoms with Crippen molar-refractivity contribution in [1.29, 1.82) is 0 Å². The Bertz CT molecular complexity index is 319. The number of hydrogen-bond donors (Lipinski definition) is 1. The van der Waals surface area contributed by atoms with Crippen molar-refractivity contribution in [1.82, 2.24) is 9.62 Å². The van der Waals surface area contributed by atoms with Crippen molar-refractivity contribution < 1.29 is 8.42 Å². The number of hydrogen-bond acceptors (Lipinski definition) is 3. The second kappa shape index (κ2) is 6.16. The topological polar surface area (TPSA) is 49.4 Å². The van der Waals surface area contributed by atoms with E-state index in [1.165, 1.54) is 7.05 Å². The molecule has 4 nitrogen and oxygen atoms in total. The van der Waals surface area contributed by atoms with Crippen LogP contribution in [0.4, 0.5) is 0 Å². The van der Waals surface area contributed by atoms with Crippen LogP contribution in [0.3, 0.4) is 0 Å². The predicted molar refractivity (Wildman–Crippen MR) is 71.5 cm³/mol. The van der Waals surface area contributed by atoms with Gasteiger partial charge in [0.25, 0.3) is 0 Å². The third kappa shape index (κ3) is 4.56. The quantitative estimate of drug-likeness (QED) is 0.815. The highest BCUT2D eigenvalue weighted by Crippen LogP contribution is 2.28. The number of nitrogens with zero attached hydrogens (tertiary/aromatic N) is 1. The van der Waals surface area contributed by atoms with Crippen LogP contribution < -0.4 is 4.72 Å². The van der Waals surface area contributed by atoms with Gasteiger partial charge in [0.15, 0.2) is 0 Å². The van der Waals surface area contributed by atoms with Gasteiger partial charge in [0, 0.05) is 12.1 Å². The molecule has 0 aromatic rings. The Morgan fingerprint density at radius 2 is 1.76 bits per heavy atom. The molecule has 1 aliphatic carbocycles. The average molecular weight is 262 g/mol. The van der Waals surface area contributed by atoms with E-state index in [2.05, 4.69) is 30.5 Å². The molecule has 1 rings (SSSR count). The minimum Gasteiger partial charge on any atom is -0.301 e. The summed E-state index contributed by atoms with van der Waals surface area (Å²) in [5.74, 6) is 0.631. The summed E-state index contributed by atoms with van der Waals surface area (Å²) in [4.78, 5) is 2.41. The first-order valence-corrected chi connectivity index (χ1v) is 8.14. The van der Waals surface area contributed by atoms with Crippen molar-refractivity contribution in [2.75, 3.05) is 19.8 Å². The van der Waals surface area contributed by atoms with Crippen molar-refractivity contribution in [3.63, 3.8) is 0 Å². The van der Waals surface area contributed by atoms with E-state index in [1.807, 2.05) is 0 Å². The van der Waals surface area contributed by atoms with Crippen LogP contribution in [0.2, 0.25) is 0 Å². The Morgan fingerprint density at radius 3 is 2.18 bits per heavy atom. The lowest BCUT2D eigenvalue weighted by atomic mass is 9.86. The van der Waals surface area contributed by atoms with Gasteiger partial charge in [-0.1, -0.05) is 0 Å². The number of nitrogens with one attached hydrogen (secondary N) is 1. The summed E-state index contributed by atoms with van der Waals surface area (Å²) in [6.07, 6.45) is 4.31. The van der Waals surface area contributed by atoms with E-state index in [0.29, 0.717) is 23.8 Å². The lowest BCUT2D eigenvalue weighted by molar-refractivity contribution is 0.139. The number of rotatable bonds is 5. The molecule has 0 amide bonds. The smallest absolute Gasteiger partial charge is 0.211 e. The summed E-state index contributed by atoms with van der Waals surface area (Å²) >= 11 is 0. The van der Waals surface area contributed by atoms with Crippen LogP contribution in [0, 0.1) is 5.92 Å². The Hall–Kier alpha value is -0.130. The fraction of sp³-hybridized carbons (Fsp3) is 1.00. The molecule has 1 aliphatic rings. The maximum Gasteiger partial charge on any atom is 0.211 e. The minimum atomic E-state index is -3.04. The normalized spacial score (nSPS) is 26.7. The molecule has 17 heavy (non-hydrogen) atoms. The highest BCUT2D eigenvalue weighted by Gasteiger charge is 2.27. The molecule has 0 saturated heterocycles. The SMILES string of the molecule is CNS(=O)(=O)CC1CCC(N(C)C(C)C)CC1. The van der Waals surface area contributed by atoms with Crippen molar-refractivity contribution in [2.24, 2.45) is 5.92 Å². The van der Waals surface area contributed by atoms with Crippen molar-refractivity contribution in [2.45, 2.75) is 51.6 Å². The summed E-state index contributed by atoms with van der Waals surface area (Å²) in [7, 11) is 0.623. The molecule has 1 N–H and O–H groups in total. The van der Waals surface area contributed by atoms with Gasteiger partial charge in [-0.15, -0.1) is 0 Å². The minimum absolute atomic E-state index is 0.293. The molecule has 0 heterocycles. The van der Waals surface area contributed by atoms with Crippen molar-refractivity contribution in [3.05, 3.63) is 0 Å². The van der Waals surface area contributed by atoms with Crippen LogP contribution in [0.5, 0.6) is 0 Å². The summed E-state index contributed by atoms with van der Waals surface area (Å²) in [5.41, 5.74) is 0. The molecule has 102 valence electrons. The van der Waals surface area contributed by atoms with Gasteiger partial charge in [-0.2, -0.15) is 0 Å². The van der Waals surface area contributed by atoms with Crippen molar-refractivity contribution >= 4 is 10.0 Å². The zero-order chi connectivity index (χ0) is 13.1. The molecule has 0 spiro atoms. The molecule has 0 atom stereocenters. The third-order valence-electron chi connectivity index (χ3n) is 3.97. The molecule has 1 fully saturated rings. The van der Waals surface area contributed by atoms with E-state index in [-0.39, 0.29) is 0 Å².